The summed E-state index contributed by atoms with van der Waals surface area (Å²) in [7, 11) is 0. The Hall–Kier alpha value is -1.62. The largest absolute Gasteiger partial charge is 0.464 e. The summed E-state index contributed by atoms with van der Waals surface area (Å²) in [5.74, 6) is 0. The lowest BCUT2D eigenvalue weighted by atomic mass is 10.1. The van der Waals surface area contributed by atoms with Crippen molar-refractivity contribution in [3.05, 3.63) is 58.5 Å². The first-order chi connectivity index (χ1) is 9.34. The van der Waals surface area contributed by atoms with Gasteiger partial charge in [0, 0.05) is 24.0 Å². The Kier molecular flexibility index (Phi) is 3.64. The maximum absolute atomic E-state index is 9.97. The second-order valence-corrected chi connectivity index (χ2v) is 5.24. The zero-order chi connectivity index (χ0) is 13.1. The molecule has 0 amide bonds. The highest BCUT2D eigenvalue weighted by atomic mass is 32.1. The molecule has 1 atom stereocenters. The highest BCUT2D eigenvalue weighted by Gasteiger charge is 2.08. The van der Waals surface area contributed by atoms with Crippen molar-refractivity contribution in [1.29, 1.82) is 0 Å². The minimum absolute atomic E-state index is 0.454. The molecule has 0 radical (unpaired) electrons. The van der Waals surface area contributed by atoms with E-state index in [1.54, 1.807) is 17.6 Å². The Balaban J connectivity index is 1.61. The van der Waals surface area contributed by atoms with Crippen molar-refractivity contribution < 1.29 is 9.52 Å². The van der Waals surface area contributed by atoms with Crippen molar-refractivity contribution in [3.8, 4) is 0 Å². The van der Waals surface area contributed by atoms with Crippen LogP contribution in [-0.2, 0) is 6.54 Å². The minimum atomic E-state index is -0.454. The molecule has 0 bridgehead atoms. The quantitative estimate of drug-likeness (QED) is 0.749. The molecule has 0 aliphatic heterocycles. The molecule has 1 aromatic carbocycles. The molecule has 3 nitrogen and oxygen atoms in total. The van der Waals surface area contributed by atoms with Gasteiger partial charge >= 0.3 is 0 Å². The van der Waals surface area contributed by atoms with Crippen LogP contribution in [0, 0.1) is 0 Å². The van der Waals surface area contributed by atoms with Crippen LogP contribution in [0.25, 0.3) is 11.0 Å². The fraction of sp³-hybridized carbons (Fsp3) is 0.200. The zero-order valence-electron chi connectivity index (χ0n) is 10.4. The Morgan fingerprint density at radius 2 is 2.16 bits per heavy atom. The molecule has 0 saturated carbocycles. The summed E-state index contributed by atoms with van der Waals surface area (Å²) in [6.45, 7) is 1.23. The summed E-state index contributed by atoms with van der Waals surface area (Å²) in [5, 5.41) is 18.3. The van der Waals surface area contributed by atoms with E-state index in [-0.39, 0.29) is 0 Å². The van der Waals surface area contributed by atoms with Crippen molar-refractivity contribution in [2.45, 2.75) is 12.6 Å². The van der Waals surface area contributed by atoms with Gasteiger partial charge in [0.15, 0.2) is 0 Å². The Bertz CT molecular complexity index is 645. The van der Waals surface area contributed by atoms with Gasteiger partial charge in [0.05, 0.1) is 12.4 Å². The van der Waals surface area contributed by atoms with Crippen LogP contribution in [0.1, 0.15) is 17.2 Å². The average molecular weight is 273 g/mol. The number of hydrogen-bond acceptors (Lipinski definition) is 4. The Morgan fingerprint density at radius 1 is 1.26 bits per heavy atom. The van der Waals surface area contributed by atoms with E-state index >= 15 is 0 Å². The van der Waals surface area contributed by atoms with Crippen LogP contribution in [0.4, 0.5) is 0 Å². The smallest absolute Gasteiger partial charge is 0.134 e. The SMILES string of the molecule is OC(CNCc1coc2ccccc12)c1ccsc1. The van der Waals surface area contributed by atoms with Gasteiger partial charge in [-0.25, -0.2) is 0 Å². The van der Waals surface area contributed by atoms with Gasteiger partial charge in [-0.05, 0) is 28.5 Å². The van der Waals surface area contributed by atoms with Gasteiger partial charge < -0.3 is 14.8 Å². The minimum Gasteiger partial charge on any atom is -0.464 e. The first kappa shape index (κ1) is 12.4. The molecule has 3 rings (SSSR count). The molecular formula is C15H15NO2S. The third-order valence-corrected chi connectivity index (χ3v) is 3.84. The molecule has 2 heterocycles. The maximum atomic E-state index is 9.97. The molecule has 19 heavy (non-hydrogen) atoms. The van der Waals surface area contributed by atoms with Gasteiger partial charge in [-0.15, -0.1) is 0 Å². The number of nitrogens with one attached hydrogen (secondary N) is 1. The monoisotopic (exact) mass is 273 g/mol. The van der Waals surface area contributed by atoms with Gasteiger partial charge in [0.25, 0.3) is 0 Å². The molecule has 2 N–H and O–H groups in total. The zero-order valence-corrected chi connectivity index (χ0v) is 11.2. The van der Waals surface area contributed by atoms with E-state index in [4.69, 9.17) is 4.42 Å². The highest BCUT2D eigenvalue weighted by molar-refractivity contribution is 7.07. The van der Waals surface area contributed by atoms with E-state index in [2.05, 4.69) is 5.32 Å². The second-order valence-electron chi connectivity index (χ2n) is 4.46. The van der Waals surface area contributed by atoms with Crippen molar-refractivity contribution in [1.82, 2.24) is 5.32 Å². The maximum Gasteiger partial charge on any atom is 0.134 e. The van der Waals surface area contributed by atoms with Crippen LogP contribution in [0.3, 0.4) is 0 Å². The predicted octanol–water partition coefficient (Wildman–Crippen LogP) is 3.32. The van der Waals surface area contributed by atoms with E-state index in [0.717, 1.165) is 22.1 Å². The summed E-state index contributed by atoms with van der Waals surface area (Å²) >= 11 is 1.60. The van der Waals surface area contributed by atoms with E-state index in [9.17, 15) is 5.11 Å². The lowest BCUT2D eigenvalue weighted by Crippen LogP contribution is -2.20. The highest BCUT2D eigenvalue weighted by Crippen LogP contribution is 2.21. The molecule has 0 spiro atoms. The number of hydrogen-bond donors (Lipinski definition) is 2. The lowest BCUT2D eigenvalue weighted by Gasteiger charge is -2.09. The molecule has 1 unspecified atom stereocenters. The number of aliphatic hydroxyl groups excluding tert-OH is 1. The summed E-state index contributed by atoms with van der Waals surface area (Å²) in [6.07, 6.45) is 1.32. The number of thiophene rings is 1. The van der Waals surface area contributed by atoms with E-state index in [1.165, 1.54) is 0 Å². The Morgan fingerprint density at radius 3 is 3.00 bits per heavy atom. The summed E-state index contributed by atoms with van der Waals surface area (Å²) in [6, 6.07) is 9.92. The molecule has 0 fully saturated rings. The average Bonchev–Trinajstić information content (AvgIpc) is 3.08. The van der Waals surface area contributed by atoms with Crippen molar-refractivity contribution in [2.75, 3.05) is 6.54 Å². The van der Waals surface area contributed by atoms with Crippen LogP contribution >= 0.6 is 11.3 Å². The fourth-order valence-electron chi connectivity index (χ4n) is 2.10. The van der Waals surface area contributed by atoms with Crippen LogP contribution < -0.4 is 5.32 Å². The molecule has 0 saturated heterocycles. The number of para-hydroxylation sites is 1. The van der Waals surface area contributed by atoms with Crippen LogP contribution in [0.2, 0.25) is 0 Å². The first-order valence-corrected chi connectivity index (χ1v) is 7.15. The predicted molar refractivity (Wildman–Crippen MR) is 77.2 cm³/mol. The van der Waals surface area contributed by atoms with Gasteiger partial charge in [-0.1, -0.05) is 18.2 Å². The summed E-state index contributed by atoms with van der Waals surface area (Å²) in [5.41, 5.74) is 2.99. The second kappa shape index (κ2) is 5.57. The van der Waals surface area contributed by atoms with Crippen LogP contribution in [-0.4, -0.2) is 11.7 Å². The number of furan rings is 1. The van der Waals surface area contributed by atoms with Crippen molar-refractivity contribution in [3.63, 3.8) is 0 Å². The molecule has 4 heteroatoms. The number of fused-ring (bicyclic) bond motifs is 1. The lowest BCUT2D eigenvalue weighted by molar-refractivity contribution is 0.175. The molecular weight excluding hydrogens is 258 g/mol. The summed E-state index contributed by atoms with van der Waals surface area (Å²) < 4.78 is 5.48. The third kappa shape index (κ3) is 2.71. The number of benzene rings is 1. The van der Waals surface area contributed by atoms with Crippen molar-refractivity contribution in [2.24, 2.45) is 0 Å². The van der Waals surface area contributed by atoms with Gasteiger partial charge in [-0.3, -0.25) is 0 Å². The topological polar surface area (TPSA) is 45.4 Å². The van der Waals surface area contributed by atoms with Gasteiger partial charge in [0.2, 0.25) is 0 Å². The van der Waals surface area contributed by atoms with Crippen LogP contribution in [0.15, 0.2) is 51.8 Å². The third-order valence-electron chi connectivity index (χ3n) is 3.14. The normalized spacial score (nSPS) is 12.9. The van der Waals surface area contributed by atoms with Crippen molar-refractivity contribution >= 4 is 22.3 Å². The molecule has 3 aromatic rings. The molecule has 2 aromatic heterocycles. The standard InChI is InChI=1S/C15H15NO2S/c17-14(11-5-6-19-10-11)8-16-7-12-9-18-15-4-2-1-3-13(12)15/h1-6,9-10,14,16-17H,7-8H2. The summed E-state index contributed by atoms with van der Waals surface area (Å²) in [4.78, 5) is 0. The fourth-order valence-corrected chi connectivity index (χ4v) is 2.80. The molecule has 98 valence electrons. The Labute approximate surface area is 115 Å². The van der Waals surface area contributed by atoms with Crippen LogP contribution in [0.5, 0.6) is 0 Å². The number of rotatable bonds is 5. The first-order valence-electron chi connectivity index (χ1n) is 6.20. The number of aliphatic hydroxyl groups is 1. The molecule has 0 aliphatic carbocycles. The van der Waals surface area contributed by atoms with Gasteiger partial charge in [-0.2, -0.15) is 11.3 Å². The van der Waals surface area contributed by atoms with E-state index in [1.807, 2.05) is 41.1 Å². The van der Waals surface area contributed by atoms with E-state index in [0.29, 0.717) is 13.1 Å². The van der Waals surface area contributed by atoms with E-state index < -0.39 is 6.10 Å². The van der Waals surface area contributed by atoms with Gasteiger partial charge in [0.1, 0.15) is 5.58 Å². The molecule has 0 aliphatic rings.